The molecule has 1 heterocycles. The first-order chi connectivity index (χ1) is 15.3. The highest BCUT2D eigenvalue weighted by Crippen LogP contribution is 2.23. The molecular weight excluding hydrogens is 492 g/mol. The molecule has 0 fully saturated rings. The maximum Gasteiger partial charge on any atom is 0.249 e. The molecule has 2 amide bonds. The van der Waals surface area contributed by atoms with Crippen LogP contribution in [0.2, 0.25) is 20.1 Å². The second kappa shape index (κ2) is 11.2. The van der Waals surface area contributed by atoms with E-state index in [1.165, 1.54) is 12.2 Å². The molecule has 0 aliphatic rings. The number of rotatable bonds is 6. The Morgan fingerprint density at radius 1 is 0.688 bits per heavy atom. The molecule has 3 aromatic rings. The van der Waals surface area contributed by atoms with Gasteiger partial charge in [0, 0.05) is 32.2 Å². The first-order valence-electron chi connectivity index (χ1n) is 9.15. The van der Waals surface area contributed by atoms with Gasteiger partial charge in [-0.3, -0.25) is 9.59 Å². The summed E-state index contributed by atoms with van der Waals surface area (Å²) in [5, 5.41) is 7.11. The molecule has 9 heteroatoms. The highest BCUT2D eigenvalue weighted by molar-refractivity contribution is 6.36. The fourth-order valence-electron chi connectivity index (χ4n) is 2.51. The van der Waals surface area contributed by atoms with Crippen molar-refractivity contribution < 1.29 is 9.59 Å². The highest BCUT2D eigenvalue weighted by atomic mass is 35.5. The van der Waals surface area contributed by atoms with E-state index in [9.17, 15) is 9.59 Å². The van der Waals surface area contributed by atoms with Crippen molar-refractivity contribution in [1.29, 1.82) is 0 Å². The number of nitrogens with one attached hydrogen (secondary N) is 2. The van der Waals surface area contributed by atoms with Crippen molar-refractivity contribution in [3.63, 3.8) is 0 Å². The van der Waals surface area contributed by atoms with Crippen LogP contribution in [0.4, 0.5) is 11.6 Å². The first kappa shape index (κ1) is 23.8. The highest BCUT2D eigenvalue weighted by Gasteiger charge is 2.05. The lowest BCUT2D eigenvalue weighted by molar-refractivity contribution is -0.112. The molecule has 0 atom stereocenters. The monoisotopic (exact) mass is 505 g/mol. The Bertz CT molecular complexity index is 1130. The zero-order valence-electron chi connectivity index (χ0n) is 16.3. The van der Waals surface area contributed by atoms with E-state index in [4.69, 9.17) is 46.4 Å². The maximum absolute atomic E-state index is 12.2. The predicted molar refractivity (Wildman–Crippen MR) is 132 cm³/mol. The van der Waals surface area contributed by atoms with Gasteiger partial charge in [0.25, 0.3) is 0 Å². The van der Waals surface area contributed by atoms with E-state index >= 15 is 0 Å². The minimum atomic E-state index is -0.413. The molecule has 0 bridgehead atoms. The second-order valence-electron chi connectivity index (χ2n) is 6.38. The molecular formula is C23H15Cl4N3O2. The van der Waals surface area contributed by atoms with E-state index in [1.807, 2.05) is 0 Å². The van der Waals surface area contributed by atoms with Gasteiger partial charge in [0.2, 0.25) is 11.8 Å². The Morgan fingerprint density at radius 2 is 1.12 bits per heavy atom. The van der Waals surface area contributed by atoms with Crippen LogP contribution in [-0.4, -0.2) is 16.8 Å². The van der Waals surface area contributed by atoms with Gasteiger partial charge in [-0.05, 0) is 59.7 Å². The van der Waals surface area contributed by atoms with Crippen LogP contribution >= 0.6 is 46.4 Å². The summed E-state index contributed by atoms with van der Waals surface area (Å²) in [5.74, 6) is -0.290. The zero-order valence-corrected chi connectivity index (χ0v) is 19.3. The molecule has 0 saturated heterocycles. The Kier molecular flexibility index (Phi) is 8.31. The molecule has 0 saturated carbocycles. The SMILES string of the molecule is O=C(/C=C/c1ccc(Cl)cc1Cl)Nc1cccc(NC(=O)/C=C/c2ccc(Cl)cc2Cl)n1. The third-order valence-electron chi connectivity index (χ3n) is 4.01. The van der Waals surface area contributed by atoms with Crippen molar-refractivity contribution in [3.8, 4) is 0 Å². The number of carbonyl (C=O) groups is 2. The van der Waals surface area contributed by atoms with Crippen LogP contribution in [0.25, 0.3) is 12.2 Å². The van der Waals surface area contributed by atoms with Crippen LogP contribution in [0, 0.1) is 0 Å². The third-order valence-corrected chi connectivity index (χ3v) is 5.13. The van der Waals surface area contributed by atoms with Gasteiger partial charge in [-0.1, -0.05) is 64.6 Å². The van der Waals surface area contributed by atoms with Crippen LogP contribution in [-0.2, 0) is 9.59 Å². The standard InChI is InChI=1S/C23H15Cl4N3O2/c24-16-8-4-14(18(26)12-16)6-10-22(31)29-20-2-1-3-21(28-20)30-23(32)11-7-15-5-9-17(25)13-19(15)27/h1-13H,(H2,28,29,30,31,32)/b10-6+,11-7+. The minimum Gasteiger partial charge on any atom is -0.307 e. The van der Waals surface area contributed by atoms with Gasteiger partial charge >= 0.3 is 0 Å². The zero-order chi connectivity index (χ0) is 23.1. The van der Waals surface area contributed by atoms with Gasteiger partial charge in [0.1, 0.15) is 11.6 Å². The summed E-state index contributed by atoms with van der Waals surface area (Å²) in [7, 11) is 0. The van der Waals surface area contributed by atoms with E-state index < -0.39 is 11.8 Å². The van der Waals surface area contributed by atoms with Crippen LogP contribution in [0.3, 0.4) is 0 Å². The van der Waals surface area contributed by atoms with Crippen molar-refractivity contribution in [3.05, 3.63) is 98.0 Å². The topological polar surface area (TPSA) is 71.1 Å². The lowest BCUT2D eigenvalue weighted by atomic mass is 10.2. The molecule has 5 nitrogen and oxygen atoms in total. The lowest BCUT2D eigenvalue weighted by Gasteiger charge is -2.05. The molecule has 0 aliphatic carbocycles. The van der Waals surface area contributed by atoms with E-state index in [1.54, 1.807) is 66.7 Å². The van der Waals surface area contributed by atoms with Gasteiger partial charge in [0.15, 0.2) is 0 Å². The fraction of sp³-hybridized carbons (Fsp3) is 0. The lowest BCUT2D eigenvalue weighted by Crippen LogP contribution is -2.12. The number of carbonyl (C=O) groups excluding carboxylic acids is 2. The van der Waals surface area contributed by atoms with E-state index in [0.717, 1.165) is 0 Å². The summed E-state index contributed by atoms with van der Waals surface area (Å²) in [6.07, 6.45) is 5.76. The molecule has 0 unspecified atom stereocenters. The molecule has 0 radical (unpaired) electrons. The molecule has 1 aromatic heterocycles. The summed E-state index contributed by atoms with van der Waals surface area (Å²) in [4.78, 5) is 28.6. The van der Waals surface area contributed by atoms with Crippen LogP contribution in [0.5, 0.6) is 0 Å². The summed E-state index contributed by atoms with van der Waals surface area (Å²) in [6.45, 7) is 0. The second-order valence-corrected chi connectivity index (χ2v) is 8.07. The first-order valence-corrected chi connectivity index (χ1v) is 10.7. The van der Waals surface area contributed by atoms with Gasteiger partial charge in [0.05, 0.1) is 0 Å². The number of amides is 2. The number of benzene rings is 2. The van der Waals surface area contributed by atoms with Crippen molar-refractivity contribution in [2.45, 2.75) is 0 Å². The Morgan fingerprint density at radius 3 is 1.53 bits per heavy atom. The quantitative estimate of drug-likeness (QED) is 0.353. The summed E-state index contributed by atoms with van der Waals surface area (Å²) >= 11 is 23.9. The summed E-state index contributed by atoms with van der Waals surface area (Å²) in [6, 6.07) is 14.8. The number of halogens is 4. The molecule has 2 N–H and O–H groups in total. The van der Waals surface area contributed by atoms with Crippen LogP contribution in [0.15, 0.2) is 66.7 Å². The smallest absolute Gasteiger partial charge is 0.249 e. The van der Waals surface area contributed by atoms with Gasteiger partial charge in [-0.2, -0.15) is 0 Å². The number of aromatic nitrogens is 1. The van der Waals surface area contributed by atoms with Crippen molar-refractivity contribution in [1.82, 2.24) is 4.98 Å². The Hall–Kier alpha value is -2.83. The summed E-state index contributed by atoms with van der Waals surface area (Å²) < 4.78 is 0. The number of anilines is 2. The van der Waals surface area contributed by atoms with Crippen molar-refractivity contribution >= 4 is 82.0 Å². The number of hydrogen-bond donors (Lipinski definition) is 2. The van der Waals surface area contributed by atoms with Crippen molar-refractivity contribution in [2.24, 2.45) is 0 Å². The number of pyridine rings is 1. The van der Waals surface area contributed by atoms with Gasteiger partial charge in [-0.25, -0.2) is 4.98 Å². The molecule has 3 rings (SSSR count). The molecule has 0 spiro atoms. The summed E-state index contributed by atoms with van der Waals surface area (Å²) in [5.41, 5.74) is 1.29. The minimum absolute atomic E-state index is 0.268. The largest absolute Gasteiger partial charge is 0.307 e. The maximum atomic E-state index is 12.2. The molecule has 32 heavy (non-hydrogen) atoms. The predicted octanol–water partition coefficient (Wildman–Crippen LogP) is 7.00. The fourth-order valence-corrected chi connectivity index (χ4v) is 3.46. The average Bonchev–Trinajstić information content (AvgIpc) is 2.73. The Labute approximate surface area is 204 Å². The average molecular weight is 507 g/mol. The molecule has 162 valence electrons. The third kappa shape index (κ3) is 7.11. The Balaban J connectivity index is 1.60. The van der Waals surface area contributed by atoms with E-state index in [-0.39, 0.29) is 11.6 Å². The normalized spacial score (nSPS) is 11.1. The van der Waals surface area contributed by atoms with Gasteiger partial charge in [-0.15, -0.1) is 0 Å². The van der Waals surface area contributed by atoms with Crippen LogP contribution in [0.1, 0.15) is 11.1 Å². The van der Waals surface area contributed by atoms with Crippen LogP contribution < -0.4 is 10.6 Å². The molecule has 2 aromatic carbocycles. The van der Waals surface area contributed by atoms with Crippen molar-refractivity contribution in [2.75, 3.05) is 10.6 Å². The number of nitrogens with zero attached hydrogens (tertiary/aromatic N) is 1. The number of hydrogen-bond acceptors (Lipinski definition) is 3. The molecule has 0 aliphatic heterocycles. The van der Waals surface area contributed by atoms with Gasteiger partial charge < -0.3 is 10.6 Å². The van der Waals surface area contributed by atoms with E-state index in [0.29, 0.717) is 31.2 Å². The van der Waals surface area contributed by atoms with E-state index in [2.05, 4.69) is 15.6 Å².